The van der Waals surface area contributed by atoms with Gasteiger partial charge in [-0.3, -0.25) is 5.43 Å². The molecule has 0 saturated carbocycles. The van der Waals surface area contributed by atoms with Crippen LogP contribution in [0.25, 0.3) is 0 Å². The van der Waals surface area contributed by atoms with E-state index in [2.05, 4.69) is 20.8 Å². The third-order valence-corrected chi connectivity index (χ3v) is 1.81. The fourth-order valence-corrected chi connectivity index (χ4v) is 1.07. The Morgan fingerprint density at radius 3 is 2.58 bits per heavy atom. The van der Waals surface area contributed by atoms with Crippen LogP contribution in [0.15, 0.2) is 6.20 Å². The summed E-state index contributed by atoms with van der Waals surface area (Å²) in [5.74, 6) is -0.499. The maximum Gasteiger partial charge on any atom is 0.426 e. The second kappa shape index (κ2) is 5.68. The van der Waals surface area contributed by atoms with Crippen LogP contribution in [0.1, 0.15) is 20.8 Å². The Morgan fingerprint density at radius 1 is 1.42 bits per heavy atom. The first-order valence-electron chi connectivity index (χ1n) is 5.64. The lowest BCUT2D eigenvalue weighted by Gasteiger charge is -2.20. The predicted octanol–water partition coefficient (Wildman–Crippen LogP) is 1.53. The van der Waals surface area contributed by atoms with E-state index in [4.69, 9.17) is 4.74 Å². The Bertz CT molecular complexity index is 459. The quantitative estimate of drug-likeness (QED) is 0.812. The Kier molecular flexibility index (Phi) is 4.47. The molecule has 0 atom stereocenters. The van der Waals surface area contributed by atoms with Crippen LogP contribution in [-0.4, -0.2) is 35.8 Å². The molecule has 0 saturated heterocycles. The number of aromatic nitrogens is 2. The summed E-state index contributed by atoms with van der Waals surface area (Å²) in [6.45, 7) is 5.17. The summed E-state index contributed by atoms with van der Waals surface area (Å²) in [6.07, 6.45) is 0.290. The molecular formula is C11H18FN5O2. The fraction of sp³-hybridized carbons (Fsp3) is 0.545. The number of anilines is 2. The van der Waals surface area contributed by atoms with Gasteiger partial charge in [-0.1, -0.05) is 0 Å². The van der Waals surface area contributed by atoms with Crippen LogP contribution < -0.4 is 15.8 Å². The molecule has 0 bridgehead atoms. The molecule has 106 valence electrons. The molecule has 1 aromatic heterocycles. The van der Waals surface area contributed by atoms with Crippen molar-refractivity contribution < 1.29 is 13.9 Å². The van der Waals surface area contributed by atoms with Crippen molar-refractivity contribution in [2.75, 3.05) is 24.4 Å². The topological polar surface area (TPSA) is 79.4 Å². The molecule has 1 aromatic rings. The van der Waals surface area contributed by atoms with E-state index < -0.39 is 17.5 Å². The van der Waals surface area contributed by atoms with E-state index in [1.165, 1.54) is 0 Å². The molecule has 0 spiro atoms. The monoisotopic (exact) mass is 271 g/mol. The lowest BCUT2D eigenvalue weighted by molar-refractivity contribution is 0.0540. The number of hydrogen-bond donors (Lipinski definition) is 2. The Labute approximate surface area is 111 Å². The average molecular weight is 271 g/mol. The SMILES string of the molecule is CN(C)c1ncc(F)c(NNC(=O)OC(C)(C)C)n1. The molecule has 0 fully saturated rings. The molecule has 7 nitrogen and oxygen atoms in total. The van der Waals surface area contributed by atoms with Crippen LogP contribution in [-0.2, 0) is 4.74 Å². The number of ether oxygens (including phenoxy) is 1. The van der Waals surface area contributed by atoms with Crippen molar-refractivity contribution in [2.24, 2.45) is 0 Å². The minimum atomic E-state index is -0.725. The highest BCUT2D eigenvalue weighted by atomic mass is 19.1. The molecule has 0 aliphatic carbocycles. The molecule has 0 aliphatic rings. The van der Waals surface area contributed by atoms with Gasteiger partial charge in [-0.2, -0.15) is 4.98 Å². The number of hydrogen-bond acceptors (Lipinski definition) is 6. The smallest absolute Gasteiger partial charge is 0.426 e. The molecule has 0 unspecified atom stereocenters. The lowest BCUT2D eigenvalue weighted by atomic mass is 10.2. The minimum Gasteiger partial charge on any atom is -0.443 e. The van der Waals surface area contributed by atoms with Crippen molar-refractivity contribution in [3.05, 3.63) is 12.0 Å². The van der Waals surface area contributed by atoms with Crippen molar-refractivity contribution in [3.63, 3.8) is 0 Å². The van der Waals surface area contributed by atoms with Gasteiger partial charge in [-0.15, -0.1) is 0 Å². The van der Waals surface area contributed by atoms with Gasteiger partial charge in [0.2, 0.25) is 5.95 Å². The van der Waals surface area contributed by atoms with Gasteiger partial charge in [-0.05, 0) is 20.8 Å². The van der Waals surface area contributed by atoms with Gasteiger partial charge in [0, 0.05) is 14.1 Å². The largest absolute Gasteiger partial charge is 0.443 e. The number of halogens is 1. The number of nitrogens with one attached hydrogen (secondary N) is 2. The minimum absolute atomic E-state index is 0.135. The Balaban J connectivity index is 2.67. The van der Waals surface area contributed by atoms with Crippen LogP contribution in [0.3, 0.4) is 0 Å². The van der Waals surface area contributed by atoms with Crippen molar-refractivity contribution in [1.29, 1.82) is 0 Å². The number of nitrogens with zero attached hydrogens (tertiary/aromatic N) is 3. The molecule has 2 N–H and O–H groups in total. The second-order valence-corrected chi connectivity index (χ2v) is 5.01. The highest BCUT2D eigenvalue weighted by molar-refractivity contribution is 5.69. The molecule has 0 aromatic carbocycles. The Morgan fingerprint density at radius 2 is 2.05 bits per heavy atom. The zero-order chi connectivity index (χ0) is 14.6. The van der Waals surface area contributed by atoms with Gasteiger partial charge in [0.05, 0.1) is 6.20 Å². The van der Waals surface area contributed by atoms with Gasteiger partial charge in [0.1, 0.15) is 5.60 Å². The predicted molar refractivity (Wildman–Crippen MR) is 69.3 cm³/mol. The number of hydrazine groups is 1. The highest BCUT2D eigenvalue weighted by Crippen LogP contribution is 2.12. The average Bonchev–Trinajstić information content (AvgIpc) is 2.25. The summed E-state index contributed by atoms with van der Waals surface area (Å²) >= 11 is 0. The third kappa shape index (κ3) is 4.94. The van der Waals surface area contributed by atoms with E-state index in [1.807, 2.05) is 0 Å². The summed E-state index contributed by atoms with van der Waals surface area (Å²) in [4.78, 5) is 20.7. The zero-order valence-corrected chi connectivity index (χ0v) is 11.6. The van der Waals surface area contributed by atoms with Gasteiger partial charge in [0.15, 0.2) is 11.6 Å². The van der Waals surface area contributed by atoms with Crippen molar-refractivity contribution in [2.45, 2.75) is 26.4 Å². The summed E-state index contributed by atoms with van der Waals surface area (Å²) in [5, 5.41) is 0. The summed E-state index contributed by atoms with van der Waals surface area (Å²) in [5.41, 5.74) is 3.92. The van der Waals surface area contributed by atoms with Crippen molar-refractivity contribution in [3.8, 4) is 0 Å². The van der Waals surface area contributed by atoms with E-state index in [0.717, 1.165) is 6.20 Å². The van der Waals surface area contributed by atoms with E-state index in [-0.39, 0.29) is 5.82 Å². The van der Waals surface area contributed by atoms with Gasteiger partial charge >= 0.3 is 6.09 Å². The maximum atomic E-state index is 13.4. The first kappa shape index (κ1) is 14.9. The molecule has 1 heterocycles. The molecule has 1 rings (SSSR count). The molecule has 1 amide bonds. The standard InChI is InChI=1S/C11H18FN5O2/c1-11(2,3)19-10(18)16-15-8-7(12)6-13-9(14-8)17(4)5/h6H,1-5H3,(H,16,18)(H,13,14,15). The maximum absolute atomic E-state index is 13.4. The lowest BCUT2D eigenvalue weighted by Crippen LogP contribution is -2.36. The van der Waals surface area contributed by atoms with Crippen LogP contribution in [0.2, 0.25) is 0 Å². The van der Waals surface area contributed by atoms with Gasteiger partial charge in [0.25, 0.3) is 0 Å². The molecular weight excluding hydrogens is 253 g/mol. The summed E-state index contributed by atoms with van der Waals surface area (Å²) in [6, 6.07) is 0. The molecule has 0 aliphatic heterocycles. The Hall–Kier alpha value is -2.12. The highest BCUT2D eigenvalue weighted by Gasteiger charge is 2.16. The number of amides is 1. The first-order valence-corrected chi connectivity index (χ1v) is 5.64. The van der Waals surface area contributed by atoms with Gasteiger partial charge < -0.3 is 9.64 Å². The number of carbonyl (C=O) groups is 1. The van der Waals surface area contributed by atoms with E-state index in [1.54, 1.807) is 39.8 Å². The zero-order valence-electron chi connectivity index (χ0n) is 11.6. The number of carbonyl (C=O) groups excluding carboxylic acids is 1. The molecule has 19 heavy (non-hydrogen) atoms. The normalized spacial score (nSPS) is 10.8. The third-order valence-electron chi connectivity index (χ3n) is 1.81. The van der Waals surface area contributed by atoms with Crippen LogP contribution >= 0.6 is 0 Å². The van der Waals surface area contributed by atoms with Gasteiger partial charge in [-0.25, -0.2) is 19.6 Å². The summed E-state index contributed by atoms with van der Waals surface area (Å²) < 4.78 is 18.4. The van der Waals surface area contributed by atoms with E-state index in [9.17, 15) is 9.18 Å². The van der Waals surface area contributed by atoms with Crippen LogP contribution in [0.5, 0.6) is 0 Å². The van der Waals surface area contributed by atoms with E-state index >= 15 is 0 Å². The number of rotatable bonds is 3. The summed E-state index contributed by atoms with van der Waals surface area (Å²) in [7, 11) is 3.44. The molecule has 0 radical (unpaired) electrons. The van der Waals surface area contributed by atoms with Crippen LogP contribution in [0, 0.1) is 5.82 Å². The fourth-order valence-electron chi connectivity index (χ4n) is 1.07. The van der Waals surface area contributed by atoms with Crippen molar-refractivity contribution in [1.82, 2.24) is 15.4 Å². The first-order chi connectivity index (χ1) is 8.69. The second-order valence-electron chi connectivity index (χ2n) is 5.01. The van der Waals surface area contributed by atoms with Crippen LogP contribution in [0.4, 0.5) is 21.0 Å². The molecule has 8 heteroatoms. The van der Waals surface area contributed by atoms with E-state index in [0.29, 0.717) is 5.95 Å². The van der Waals surface area contributed by atoms with Crippen molar-refractivity contribution >= 4 is 17.9 Å².